The average molecular weight is 382 g/mol. The first-order valence-electron chi connectivity index (χ1n) is 9.79. The lowest BCUT2D eigenvalue weighted by atomic mass is 10.1. The van der Waals surface area contributed by atoms with Crippen molar-refractivity contribution in [2.45, 2.75) is 45.3 Å². The average Bonchev–Trinajstić information content (AvgIpc) is 3.12. The highest BCUT2D eigenvalue weighted by Crippen LogP contribution is 2.20. The summed E-state index contributed by atoms with van der Waals surface area (Å²) in [6.07, 6.45) is 4.26. The molecule has 1 aliphatic heterocycles. The van der Waals surface area contributed by atoms with Crippen molar-refractivity contribution >= 4 is 11.0 Å². The van der Waals surface area contributed by atoms with Gasteiger partial charge in [0, 0.05) is 32.4 Å². The maximum Gasteiger partial charge on any atom is 0.264 e. The lowest BCUT2D eigenvalue weighted by molar-refractivity contribution is 0.0255. The van der Waals surface area contributed by atoms with E-state index >= 15 is 0 Å². The number of nitrogens with zero attached hydrogens (tertiary/aromatic N) is 4. The third-order valence-electron chi connectivity index (χ3n) is 5.17. The molecule has 0 saturated carbocycles. The fourth-order valence-electron chi connectivity index (χ4n) is 3.50. The highest BCUT2D eigenvalue weighted by atomic mass is 16.5. The number of hydrogen-bond donors (Lipinski definition) is 0. The van der Waals surface area contributed by atoms with E-state index in [1.54, 1.807) is 22.5 Å². The van der Waals surface area contributed by atoms with Crippen molar-refractivity contribution in [2.24, 2.45) is 7.05 Å². The highest BCUT2D eigenvalue weighted by molar-refractivity contribution is 5.73. The van der Waals surface area contributed by atoms with Crippen LogP contribution >= 0.6 is 0 Å². The van der Waals surface area contributed by atoms with Crippen molar-refractivity contribution in [3.63, 3.8) is 0 Å². The molecule has 0 amide bonds. The van der Waals surface area contributed by atoms with Gasteiger partial charge in [0.2, 0.25) is 0 Å². The Labute approximate surface area is 163 Å². The smallest absolute Gasteiger partial charge is 0.264 e. The Morgan fingerprint density at radius 1 is 1.21 bits per heavy atom. The fraction of sp³-hybridized carbons (Fsp3) is 0.476. The van der Waals surface area contributed by atoms with Crippen molar-refractivity contribution in [2.75, 3.05) is 13.2 Å². The molecule has 7 nitrogen and oxygen atoms in total. The molecular formula is C21H26N4O3. The highest BCUT2D eigenvalue weighted by Gasteiger charge is 2.16. The van der Waals surface area contributed by atoms with Gasteiger partial charge in [-0.2, -0.15) is 5.10 Å². The first kappa shape index (κ1) is 18.7. The SMILES string of the molecule is CC(C)n1ncc2c(=O)n(C)c(Cc3ccc(OC4CCOCC4)cc3)nc21. The molecule has 1 aromatic carbocycles. The molecule has 2 aromatic heterocycles. The van der Waals surface area contributed by atoms with Crippen molar-refractivity contribution in [3.05, 3.63) is 52.2 Å². The van der Waals surface area contributed by atoms with Gasteiger partial charge in [-0.05, 0) is 31.5 Å². The summed E-state index contributed by atoms with van der Waals surface area (Å²) < 4.78 is 14.8. The second-order valence-electron chi connectivity index (χ2n) is 7.56. The van der Waals surface area contributed by atoms with Crippen molar-refractivity contribution in [1.29, 1.82) is 0 Å². The van der Waals surface area contributed by atoms with Crippen LogP contribution in [0.5, 0.6) is 5.75 Å². The predicted molar refractivity (Wildman–Crippen MR) is 107 cm³/mol. The summed E-state index contributed by atoms with van der Waals surface area (Å²) >= 11 is 0. The maximum atomic E-state index is 12.7. The zero-order chi connectivity index (χ0) is 19.7. The molecule has 3 heterocycles. The molecule has 1 aliphatic rings. The van der Waals surface area contributed by atoms with Crippen LogP contribution in [0.15, 0.2) is 35.3 Å². The van der Waals surface area contributed by atoms with Crippen LogP contribution < -0.4 is 10.3 Å². The third kappa shape index (κ3) is 3.67. The van der Waals surface area contributed by atoms with Crippen molar-refractivity contribution < 1.29 is 9.47 Å². The summed E-state index contributed by atoms with van der Waals surface area (Å²) in [6.45, 7) is 5.58. The number of rotatable bonds is 5. The van der Waals surface area contributed by atoms with Crippen molar-refractivity contribution in [1.82, 2.24) is 19.3 Å². The molecule has 0 radical (unpaired) electrons. The molecule has 0 N–H and O–H groups in total. The molecule has 0 unspecified atom stereocenters. The molecule has 148 valence electrons. The van der Waals surface area contributed by atoms with Gasteiger partial charge >= 0.3 is 0 Å². The lowest BCUT2D eigenvalue weighted by Gasteiger charge is -2.23. The van der Waals surface area contributed by atoms with E-state index in [4.69, 9.17) is 14.5 Å². The molecule has 28 heavy (non-hydrogen) atoms. The second-order valence-corrected chi connectivity index (χ2v) is 7.56. The number of ether oxygens (including phenoxy) is 2. The minimum atomic E-state index is -0.0635. The Kier molecular flexibility index (Phi) is 5.17. The molecule has 0 aliphatic carbocycles. The van der Waals surface area contributed by atoms with Gasteiger partial charge in [-0.25, -0.2) is 9.67 Å². The van der Waals surface area contributed by atoms with Gasteiger partial charge in [0.05, 0.1) is 19.4 Å². The van der Waals surface area contributed by atoms with Gasteiger partial charge in [-0.1, -0.05) is 12.1 Å². The Morgan fingerprint density at radius 3 is 2.61 bits per heavy atom. The van der Waals surface area contributed by atoms with Gasteiger partial charge in [0.1, 0.15) is 23.1 Å². The summed E-state index contributed by atoms with van der Waals surface area (Å²) in [5.41, 5.74) is 1.66. The maximum absolute atomic E-state index is 12.7. The summed E-state index contributed by atoms with van der Waals surface area (Å²) in [5, 5.41) is 4.88. The molecule has 1 saturated heterocycles. The van der Waals surface area contributed by atoms with Gasteiger partial charge < -0.3 is 9.47 Å². The molecule has 3 aromatic rings. The van der Waals surface area contributed by atoms with E-state index in [2.05, 4.69) is 5.10 Å². The van der Waals surface area contributed by atoms with E-state index in [0.717, 1.165) is 43.2 Å². The quantitative estimate of drug-likeness (QED) is 0.679. The van der Waals surface area contributed by atoms with E-state index in [1.807, 2.05) is 38.1 Å². The van der Waals surface area contributed by atoms with E-state index in [9.17, 15) is 4.79 Å². The molecular weight excluding hydrogens is 356 g/mol. The fourth-order valence-corrected chi connectivity index (χ4v) is 3.50. The number of aromatic nitrogens is 4. The van der Waals surface area contributed by atoms with Crippen LogP contribution in [-0.2, 0) is 18.2 Å². The Morgan fingerprint density at radius 2 is 1.93 bits per heavy atom. The normalized spacial score (nSPS) is 15.4. The summed E-state index contributed by atoms with van der Waals surface area (Å²) in [5.74, 6) is 1.59. The number of fused-ring (bicyclic) bond motifs is 1. The van der Waals surface area contributed by atoms with Crippen LogP contribution in [0.25, 0.3) is 11.0 Å². The van der Waals surface area contributed by atoms with Gasteiger partial charge in [0.15, 0.2) is 5.65 Å². The van der Waals surface area contributed by atoms with Gasteiger partial charge in [-0.3, -0.25) is 9.36 Å². The van der Waals surface area contributed by atoms with Crippen molar-refractivity contribution in [3.8, 4) is 5.75 Å². The number of hydrogen-bond acceptors (Lipinski definition) is 5. The zero-order valence-electron chi connectivity index (χ0n) is 16.6. The first-order chi connectivity index (χ1) is 13.5. The van der Waals surface area contributed by atoms with Gasteiger partial charge in [-0.15, -0.1) is 0 Å². The number of benzene rings is 1. The van der Waals surface area contributed by atoms with E-state index in [1.165, 1.54) is 0 Å². The molecule has 0 spiro atoms. The zero-order valence-corrected chi connectivity index (χ0v) is 16.6. The molecule has 0 atom stereocenters. The lowest BCUT2D eigenvalue weighted by Crippen LogP contribution is -2.25. The molecule has 4 rings (SSSR count). The van der Waals surface area contributed by atoms with Crippen LogP contribution in [-0.4, -0.2) is 38.6 Å². The van der Waals surface area contributed by atoms with Crippen LogP contribution in [0, 0.1) is 0 Å². The molecule has 7 heteroatoms. The van der Waals surface area contributed by atoms with E-state index < -0.39 is 0 Å². The Balaban J connectivity index is 1.56. The van der Waals surface area contributed by atoms with E-state index in [-0.39, 0.29) is 17.7 Å². The minimum absolute atomic E-state index is 0.0635. The largest absolute Gasteiger partial charge is 0.490 e. The summed E-state index contributed by atoms with van der Waals surface area (Å²) in [7, 11) is 1.76. The first-order valence-corrected chi connectivity index (χ1v) is 9.79. The second kappa shape index (κ2) is 7.75. The molecule has 0 bridgehead atoms. The topological polar surface area (TPSA) is 71.2 Å². The van der Waals surface area contributed by atoms with Gasteiger partial charge in [0.25, 0.3) is 5.56 Å². The Bertz CT molecular complexity index is 1010. The monoisotopic (exact) mass is 382 g/mol. The third-order valence-corrected chi connectivity index (χ3v) is 5.17. The summed E-state index contributed by atoms with van der Waals surface area (Å²) in [4.78, 5) is 17.4. The van der Waals surface area contributed by atoms with Crippen LogP contribution in [0.3, 0.4) is 0 Å². The van der Waals surface area contributed by atoms with Crippen LogP contribution in [0.4, 0.5) is 0 Å². The van der Waals surface area contributed by atoms with E-state index in [0.29, 0.717) is 17.5 Å². The minimum Gasteiger partial charge on any atom is -0.490 e. The standard InChI is InChI=1S/C21H26N4O3/c1-14(2)25-20-18(13-22-25)21(26)24(3)19(23-20)12-15-4-6-16(7-5-15)28-17-8-10-27-11-9-17/h4-7,13-14,17H,8-12H2,1-3H3. The molecule has 1 fully saturated rings. The Hall–Kier alpha value is -2.67. The summed E-state index contributed by atoms with van der Waals surface area (Å²) in [6, 6.07) is 8.18. The van der Waals surface area contributed by atoms with Crippen LogP contribution in [0.2, 0.25) is 0 Å². The predicted octanol–water partition coefficient (Wildman–Crippen LogP) is 2.86. The van der Waals surface area contributed by atoms with Crippen LogP contribution in [0.1, 0.15) is 44.1 Å².